The summed E-state index contributed by atoms with van der Waals surface area (Å²) in [5.74, 6) is -3.84. The molecule has 3 aromatic carbocycles. The summed E-state index contributed by atoms with van der Waals surface area (Å²) in [5, 5.41) is 2.73. The van der Waals surface area contributed by atoms with Crippen LogP contribution >= 0.6 is 24.4 Å². The number of nitrogens with one attached hydrogen (secondary N) is 1. The zero-order valence-electron chi connectivity index (χ0n) is 20.6. The Hall–Kier alpha value is -4.49. The lowest BCUT2D eigenvalue weighted by Crippen LogP contribution is -2.30. The molecule has 4 aromatic rings. The van der Waals surface area contributed by atoms with Crippen LogP contribution < -0.4 is 27.3 Å². The first-order valence-corrected chi connectivity index (χ1v) is 12.4. The molecule has 0 aliphatic rings. The van der Waals surface area contributed by atoms with Crippen molar-refractivity contribution in [1.82, 2.24) is 9.88 Å². The van der Waals surface area contributed by atoms with Crippen molar-refractivity contribution < 1.29 is 27.5 Å². The number of benzene rings is 3. The van der Waals surface area contributed by atoms with E-state index in [0.717, 1.165) is 0 Å². The summed E-state index contributed by atoms with van der Waals surface area (Å²) in [6, 6.07) is 17.9. The van der Waals surface area contributed by atoms with Crippen molar-refractivity contribution in [1.29, 1.82) is 0 Å². The van der Waals surface area contributed by atoms with Gasteiger partial charge in [0, 0.05) is 35.3 Å². The predicted octanol–water partition coefficient (Wildman–Crippen LogP) is 3.94. The van der Waals surface area contributed by atoms with Crippen LogP contribution in [0.2, 0.25) is 0 Å². The fourth-order valence-corrected chi connectivity index (χ4v) is 4.31. The second kappa shape index (κ2) is 11.3. The number of anilines is 1. The Morgan fingerprint density at radius 3 is 2.20 bits per heavy atom. The van der Waals surface area contributed by atoms with E-state index in [-0.39, 0.29) is 39.8 Å². The number of thiocarbonyl (C=S) groups is 2. The fourth-order valence-electron chi connectivity index (χ4n) is 4.04. The average molecular weight is 586 g/mol. The smallest absolute Gasteiger partial charge is 0.417 e. The summed E-state index contributed by atoms with van der Waals surface area (Å²) < 4.78 is 45.9. The number of alkyl halides is 3. The van der Waals surface area contributed by atoms with Gasteiger partial charge in [0.2, 0.25) is 0 Å². The number of aromatic nitrogens is 1. The molecule has 40 heavy (non-hydrogen) atoms. The van der Waals surface area contributed by atoms with Gasteiger partial charge in [-0.1, -0.05) is 66.9 Å². The third kappa shape index (κ3) is 6.21. The number of rotatable bonds is 8. The van der Waals surface area contributed by atoms with Gasteiger partial charge in [-0.2, -0.15) is 13.2 Å². The van der Waals surface area contributed by atoms with Gasteiger partial charge in [-0.05, 0) is 35.4 Å². The predicted molar refractivity (Wildman–Crippen MR) is 153 cm³/mol. The van der Waals surface area contributed by atoms with Gasteiger partial charge in [0.25, 0.3) is 5.91 Å². The Morgan fingerprint density at radius 2 is 1.57 bits per heavy atom. The number of ether oxygens (including phenoxy) is 1. The maximum Gasteiger partial charge on any atom is 0.491 e. The highest BCUT2D eigenvalue weighted by atomic mass is 32.1. The van der Waals surface area contributed by atoms with Crippen LogP contribution in [0.3, 0.4) is 0 Å². The molecule has 0 atom stereocenters. The number of esters is 1. The molecular formula is C27H22F3N5O3S2. The van der Waals surface area contributed by atoms with Gasteiger partial charge in [0.1, 0.15) is 9.98 Å². The minimum atomic E-state index is -5.31. The van der Waals surface area contributed by atoms with Gasteiger partial charge >= 0.3 is 12.1 Å². The molecule has 0 saturated carbocycles. The van der Waals surface area contributed by atoms with Crippen molar-refractivity contribution >= 4 is 62.9 Å². The topological polar surface area (TPSA) is 138 Å². The maximum atomic E-state index is 13.6. The van der Waals surface area contributed by atoms with Crippen LogP contribution in [0.1, 0.15) is 32.7 Å². The van der Waals surface area contributed by atoms with Crippen molar-refractivity contribution in [2.24, 2.45) is 11.5 Å². The molecule has 0 aliphatic carbocycles. The lowest BCUT2D eigenvalue weighted by Gasteiger charge is -2.14. The van der Waals surface area contributed by atoms with Crippen molar-refractivity contribution in [3.05, 3.63) is 94.7 Å². The van der Waals surface area contributed by atoms with Gasteiger partial charge in [-0.25, -0.2) is 4.79 Å². The number of amides is 1. The molecule has 13 heteroatoms. The zero-order chi connectivity index (χ0) is 29.2. The first kappa shape index (κ1) is 28.5. The summed E-state index contributed by atoms with van der Waals surface area (Å²) in [7, 11) is 0. The number of fused-ring (bicyclic) bond motifs is 1. The van der Waals surface area contributed by atoms with Crippen LogP contribution in [-0.4, -0.2) is 32.6 Å². The highest BCUT2D eigenvalue weighted by Crippen LogP contribution is 2.37. The molecule has 1 aromatic heterocycles. The molecule has 7 N–H and O–H groups in total. The normalized spacial score (nSPS) is 11.3. The van der Waals surface area contributed by atoms with Crippen LogP contribution in [0.15, 0.2) is 66.7 Å². The van der Waals surface area contributed by atoms with Crippen LogP contribution in [0, 0.1) is 0 Å². The minimum Gasteiger partial charge on any atom is -0.417 e. The monoisotopic (exact) mass is 585 g/mol. The van der Waals surface area contributed by atoms with Gasteiger partial charge in [0.15, 0.2) is 11.4 Å². The summed E-state index contributed by atoms with van der Waals surface area (Å²) in [4.78, 5) is 25.8. The number of nitrogens with two attached hydrogens (primary N) is 3. The number of carbonyl (C=O) groups excluding carboxylic acids is 2. The minimum absolute atomic E-state index is 0.00367. The molecule has 0 aliphatic heterocycles. The Kier molecular flexibility index (Phi) is 8.07. The number of halogens is 3. The number of hydrogen-bond donors (Lipinski definition) is 4. The lowest BCUT2D eigenvalue weighted by molar-refractivity contribution is -0.189. The van der Waals surface area contributed by atoms with Crippen LogP contribution in [0.25, 0.3) is 10.9 Å². The van der Waals surface area contributed by atoms with Crippen LogP contribution in [0.4, 0.5) is 18.9 Å². The lowest BCUT2D eigenvalue weighted by atomic mass is 10.1. The Bertz CT molecular complexity index is 1650. The van der Waals surface area contributed by atoms with Gasteiger partial charge in [-0.3, -0.25) is 4.79 Å². The van der Waals surface area contributed by atoms with Gasteiger partial charge < -0.3 is 31.8 Å². The number of nitrogen functional groups attached to an aromatic ring is 1. The van der Waals surface area contributed by atoms with E-state index in [9.17, 15) is 22.8 Å². The molecule has 0 bridgehead atoms. The van der Waals surface area contributed by atoms with Crippen LogP contribution in [-0.2, 0) is 17.9 Å². The molecule has 4 rings (SSSR count). The van der Waals surface area contributed by atoms with Crippen molar-refractivity contribution in [2.45, 2.75) is 19.3 Å². The molecule has 0 fully saturated rings. The highest BCUT2D eigenvalue weighted by Gasteiger charge is 2.43. The number of hydrogen-bond acceptors (Lipinski definition) is 6. The van der Waals surface area contributed by atoms with E-state index in [2.05, 4.69) is 5.32 Å². The standard InChI is InChI=1S/C27H22F3N5O3S2/c28-27(29,30)26(37)38-22-19-11-18(31)8-9-20(19)35(13-15-2-1-3-17(10-15)24(33)40)21(22)25(36)34-12-14-4-6-16(7-5-14)23(32)39/h1-11H,12-13,31H2,(H2,32,39)(H2,33,40)(H,34,36). The summed E-state index contributed by atoms with van der Waals surface area (Å²) in [6.45, 7) is 0.00946. The quantitative estimate of drug-likeness (QED) is 0.139. The second-order valence-electron chi connectivity index (χ2n) is 8.74. The fraction of sp³-hybridized carbons (Fsp3) is 0.111. The Balaban J connectivity index is 1.82. The molecule has 1 heterocycles. The van der Waals surface area contributed by atoms with E-state index in [4.69, 9.17) is 46.4 Å². The average Bonchev–Trinajstić information content (AvgIpc) is 3.18. The van der Waals surface area contributed by atoms with E-state index in [0.29, 0.717) is 27.8 Å². The first-order valence-electron chi connectivity index (χ1n) is 11.6. The van der Waals surface area contributed by atoms with Crippen molar-refractivity contribution in [3.63, 3.8) is 0 Å². The second-order valence-corrected chi connectivity index (χ2v) is 9.62. The van der Waals surface area contributed by atoms with E-state index >= 15 is 0 Å². The summed E-state index contributed by atoms with van der Waals surface area (Å²) >= 11 is 9.99. The molecule has 8 nitrogen and oxygen atoms in total. The molecule has 0 unspecified atom stereocenters. The summed E-state index contributed by atoms with van der Waals surface area (Å²) in [5.41, 5.74) is 19.9. The largest absolute Gasteiger partial charge is 0.491 e. The van der Waals surface area contributed by atoms with Crippen molar-refractivity contribution in [2.75, 3.05) is 5.73 Å². The highest BCUT2D eigenvalue weighted by molar-refractivity contribution is 7.80. The van der Waals surface area contributed by atoms with E-state index in [1.54, 1.807) is 48.5 Å². The van der Waals surface area contributed by atoms with Crippen molar-refractivity contribution in [3.8, 4) is 5.75 Å². The third-order valence-corrected chi connectivity index (χ3v) is 6.40. The Morgan fingerprint density at radius 1 is 0.900 bits per heavy atom. The van der Waals surface area contributed by atoms with E-state index < -0.39 is 23.8 Å². The molecule has 206 valence electrons. The van der Waals surface area contributed by atoms with Gasteiger partial charge in [0.05, 0.1) is 5.52 Å². The third-order valence-electron chi connectivity index (χ3n) is 5.93. The molecule has 0 spiro atoms. The molecular weight excluding hydrogens is 563 g/mol. The summed E-state index contributed by atoms with van der Waals surface area (Å²) in [6.07, 6.45) is -5.31. The van der Waals surface area contributed by atoms with E-state index in [1.807, 2.05) is 0 Å². The number of carbonyl (C=O) groups is 2. The zero-order valence-corrected chi connectivity index (χ0v) is 22.3. The van der Waals surface area contributed by atoms with Crippen LogP contribution in [0.5, 0.6) is 5.75 Å². The SMILES string of the molecule is NC(=S)c1ccc(CNC(=O)c2c(OC(=O)C(F)(F)F)c3cc(N)ccc3n2Cc2cccc(C(N)=S)c2)cc1. The number of nitrogens with zero attached hydrogens (tertiary/aromatic N) is 1. The first-order chi connectivity index (χ1) is 18.8. The Labute approximate surface area is 236 Å². The molecule has 0 radical (unpaired) electrons. The molecule has 1 amide bonds. The van der Waals surface area contributed by atoms with E-state index in [1.165, 1.54) is 22.8 Å². The molecule has 0 saturated heterocycles. The maximum absolute atomic E-state index is 13.6. The van der Waals surface area contributed by atoms with Gasteiger partial charge in [-0.15, -0.1) is 0 Å².